The molecule has 0 bridgehead atoms. The van der Waals surface area contributed by atoms with Crippen LogP contribution in [0, 0.1) is 6.92 Å². The Morgan fingerprint density at radius 3 is 2.64 bits per heavy atom. The molecule has 0 saturated carbocycles. The van der Waals surface area contributed by atoms with Crippen LogP contribution >= 0.6 is 0 Å². The zero-order valence-corrected chi connectivity index (χ0v) is 14.4. The maximum absolute atomic E-state index is 12.6. The van der Waals surface area contributed by atoms with Crippen molar-refractivity contribution in [2.24, 2.45) is 0 Å². The third kappa shape index (κ3) is 3.23. The maximum Gasteiger partial charge on any atom is 0.261 e. The number of aromatic nitrogens is 2. The molecule has 0 aromatic carbocycles. The highest BCUT2D eigenvalue weighted by Gasteiger charge is 2.16. The highest BCUT2D eigenvalue weighted by Crippen LogP contribution is 2.28. The minimum atomic E-state index is 0.0928. The van der Waals surface area contributed by atoms with Gasteiger partial charge in [0.15, 0.2) is 0 Å². The highest BCUT2D eigenvalue weighted by atomic mass is 16.1. The van der Waals surface area contributed by atoms with Crippen LogP contribution in [0.4, 0.5) is 0 Å². The summed E-state index contributed by atoms with van der Waals surface area (Å²) in [5, 5.41) is 0. The Hall–Kier alpha value is -1.64. The predicted molar refractivity (Wildman–Crippen MR) is 92.8 cm³/mol. The molecule has 1 atom stereocenters. The van der Waals surface area contributed by atoms with E-state index in [0.717, 1.165) is 29.7 Å². The first kappa shape index (κ1) is 16.7. The van der Waals surface area contributed by atoms with Crippen LogP contribution in [0.15, 0.2) is 23.1 Å². The molecule has 0 N–H and O–H groups in total. The quantitative estimate of drug-likeness (QED) is 0.698. The zero-order valence-electron chi connectivity index (χ0n) is 14.4. The summed E-state index contributed by atoms with van der Waals surface area (Å²) in [4.78, 5) is 17.4. The lowest BCUT2D eigenvalue weighted by atomic mass is 9.91. The average molecular weight is 300 g/mol. The van der Waals surface area contributed by atoms with Crippen molar-refractivity contribution in [2.75, 3.05) is 0 Å². The second-order valence-corrected chi connectivity index (χ2v) is 6.09. The normalized spacial score (nSPS) is 12.7. The van der Waals surface area contributed by atoms with Crippen LogP contribution in [-0.2, 0) is 6.42 Å². The van der Waals surface area contributed by atoms with Crippen molar-refractivity contribution >= 4 is 5.65 Å². The molecule has 22 heavy (non-hydrogen) atoms. The summed E-state index contributed by atoms with van der Waals surface area (Å²) < 4.78 is 1.74. The Balaban J connectivity index is 2.52. The molecule has 2 heterocycles. The second kappa shape index (κ2) is 7.57. The van der Waals surface area contributed by atoms with Crippen LogP contribution in [0.1, 0.15) is 75.6 Å². The number of hydrogen-bond acceptors (Lipinski definition) is 2. The molecular formula is C19H28N2O. The standard InChI is InChI=1S/C19H28N2O/c1-5-8-9-11-15(6-2)17-12-10-13-21-18(17)20-14(4)16(7-3)19(21)22/h10,12-13,15H,5-9,11H2,1-4H3. The molecule has 2 aromatic rings. The number of fused-ring (bicyclic) bond motifs is 1. The van der Waals surface area contributed by atoms with Gasteiger partial charge in [-0.2, -0.15) is 0 Å². The van der Waals surface area contributed by atoms with E-state index in [-0.39, 0.29) is 5.56 Å². The van der Waals surface area contributed by atoms with Crippen LogP contribution < -0.4 is 5.56 Å². The molecule has 120 valence electrons. The van der Waals surface area contributed by atoms with Crippen LogP contribution in [0.25, 0.3) is 5.65 Å². The first-order valence-corrected chi connectivity index (χ1v) is 8.64. The van der Waals surface area contributed by atoms with Crippen molar-refractivity contribution in [3.63, 3.8) is 0 Å². The van der Waals surface area contributed by atoms with Gasteiger partial charge in [-0.1, -0.05) is 46.1 Å². The fourth-order valence-corrected chi connectivity index (χ4v) is 3.27. The molecule has 0 aliphatic carbocycles. The van der Waals surface area contributed by atoms with Gasteiger partial charge in [-0.05, 0) is 43.7 Å². The van der Waals surface area contributed by atoms with Crippen molar-refractivity contribution in [3.8, 4) is 0 Å². The Morgan fingerprint density at radius 2 is 2.00 bits per heavy atom. The van der Waals surface area contributed by atoms with Gasteiger partial charge in [-0.15, -0.1) is 0 Å². The summed E-state index contributed by atoms with van der Waals surface area (Å²) in [6, 6.07) is 4.13. The molecule has 0 spiro atoms. The van der Waals surface area contributed by atoms with E-state index in [4.69, 9.17) is 4.98 Å². The molecule has 0 fully saturated rings. The summed E-state index contributed by atoms with van der Waals surface area (Å²) in [6.45, 7) is 8.43. The van der Waals surface area contributed by atoms with Crippen LogP contribution in [-0.4, -0.2) is 9.38 Å². The number of rotatable bonds is 7. The van der Waals surface area contributed by atoms with Gasteiger partial charge in [0, 0.05) is 17.5 Å². The molecule has 3 nitrogen and oxygen atoms in total. The van der Waals surface area contributed by atoms with Crippen molar-refractivity contribution in [2.45, 2.75) is 72.1 Å². The van der Waals surface area contributed by atoms with Crippen molar-refractivity contribution in [1.82, 2.24) is 9.38 Å². The van der Waals surface area contributed by atoms with Gasteiger partial charge in [-0.3, -0.25) is 9.20 Å². The highest BCUT2D eigenvalue weighted by molar-refractivity contribution is 5.50. The maximum atomic E-state index is 12.6. The average Bonchev–Trinajstić information content (AvgIpc) is 2.52. The van der Waals surface area contributed by atoms with Gasteiger partial charge in [0.1, 0.15) is 5.65 Å². The first-order valence-electron chi connectivity index (χ1n) is 8.64. The number of aryl methyl sites for hydroxylation is 1. The van der Waals surface area contributed by atoms with Crippen LogP contribution in [0.5, 0.6) is 0 Å². The summed E-state index contributed by atoms with van der Waals surface area (Å²) >= 11 is 0. The topological polar surface area (TPSA) is 34.4 Å². The SMILES string of the molecule is CCCCCC(CC)c1cccn2c(=O)c(CC)c(C)nc12. The Kier molecular flexibility index (Phi) is 5.76. The van der Waals surface area contributed by atoms with Gasteiger partial charge in [0.25, 0.3) is 5.56 Å². The summed E-state index contributed by atoms with van der Waals surface area (Å²) in [5.74, 6) is 0.488. The monoisotopic (exact) mass is 300 g/mol. The molecule has 0 saturated heterocycles. The van der Waals surface area contributed by atoms with Crippen molar-refractivity contribution in [3.05, 3.63) is 45.5 Å². The van der Waals surface area contributed by atoms with Gasteiger partial charge < -0.3 is 0 Å². The van der Waals surface area contributed by atoms with Crippen molar-refractivity contribution < 1.29 is 0 Å². The van der Waals surface area contributed by atoms with Crippen LogP contribution in [0.3, 0.4) is 0 Å². The second-order valence-electron chi connectivity index (χ2n) is 6.09. The van der Waals surface area contributed by atoms with Gasteiger partial charge in [0.2, 0.25) is 0 Å². The van der Waals surface area contributed by atoms with E-state index in [1.807, 2.05) is 26.1 Å². The van der Waals surface area contributed by atoms with E-state index in [0.29, 0.717) is 5.92 Å². The molecule has 0 amide bonds. The van der Waals surface area contributed by atoms with Crippen molar-refractivity contribution in [1.29, 1.82) is 0 Å². The summed E-state index contributed by atoms with van der Waals surface area (Å²) in [5.41, 5.74) is 3.88. The third-order valence-corrected chi connectivity index (χ3v) is 4.63. The van der Waals surface area contributed by atoms with Gasteiger partial charge in [0.05, 0.1) is 0 Å². The Morgan fingerprint density at radius 1 is 1.23 bits per heavy atom. The molecule has 2 aromatic heterocycles. The third-order valence-electron chi connectivity index (χ3n) is 4.63. The number of nitrogens with zero attached hydrogens (tertiary/aromatic N) is 2. The molecular weight excluding hydrogens is 272 g/mol. The molecule has 0 aliphatic heterocycles. The smallest absolute Gasteiger partial charge is 0.261 e. The van der Waals surface area contributed by atoms with E-state index < -0.39 is 0 Å². The summed E-state index contributed by atoms with van der Waals surface area (Å²) in [7, 11) is 0. The molecule has 2 rings (SSSR count). The Bertz CT molecular complexity index is 688. The Labute approximate surface area is 133 Å². The largest absolute Gasteiger partial charge is 0.269 e. The number of pyridine rings is 1. The van der Waals surface area contributed by atoms with Gasteiger partial charge >= 0.3 is 0 Å². The predicted octanol–water partition coefficient (Wildman–Crippen LogP) is 4.64. The zero-order chi connectivity index (χ0) is 16.1. The fourth-order valence-electron chi connectivity index (χ4n) is 3.27. The first-order chi connectivity index (χ1) is 10.6. The summed E-state index contributed by atoms with van der Waals surface area (Å²) in [6.07, 6.45) is 8.61. The van der Waals surface area contributed by atoms with E-state index in [1.165, 1.54) is 31.2 Å². The minimum Gasteiger partial charge on any atom is -0.269 e. The minimum absolute atomic E-state index is 0.0928. The number of unbranched alkanes of at least 4 members (excludes halogenated alkanes) is 2. The number of hydrogen-bond donors (Lipinski definition) is 0. The molecule has 1 unspecified atom stereocenters. The van der Waals surface area contributed by atoms with Gasteiger partial charge in [-0.25, -0.2) is 4.98 Å². The van der Waals surface area contributed by atoms with E-state index in [2.05, 4.69) is 19.9 Å². The van der Waals surface area contributed by atoms with E-state index in [9.17, 15) is 4.79 Å². The van der Waals surface area contributed by atoms with Crippen LogP contribution in [0.2, 0.25) is 0 Å². The lowest BCUT2D eigenvalue weighted by Gasteiger charge is -2.18. The molecule has 0 radical (unpaired) electrons. The molecule has 0 aliphatic rings. The lowest BCUT2D eigenvalue weighted by molar-refractivity contribution is 0.553. The van der Waals surface area contributed by atoms with E-state index >= 15 is 0 Å². The fraction of sp³-hybridized carbons (Fsp3) is 0.579. The molecule has 3 heteroatoms. The lowest BCUT2D eigenvalue weighted by Crippen LogP contribution is -2.22. The van der Waals surface area contributed by atoms with E-state index in [1.54, 1.807) is 4.40 Å².